The van der Waals surface area contributed by atoms with Gasteiger partial charge in [-0.3, -0.25) is 4.79 Å². The number of carbonyl (C=O) groups excluding carboxylic acids is 1. The van der Waals surface area contributed by atoms with Gasteiger partial charge in [0, 0.05) is 0 Å². The highest BCUT2D eigenvalue weighted by Crippen LogP contribution is 2.66. The number of para-hydroxylation sites is 1. The molecule has 0 spiro atoms. The van der Waals surface area contributed by atoms with E-state index in [1.165, 1.54) is 23.6 Å². The largest absolute Gasteiger partial charge is 0.478 e. The molecule has 2 atom stereocenters. The number of amides is 1. The fourth-order valence-electron chi connectivity index (χ4n) is 6.85. The molecular weight excluding hydrogens is 398 g/mol. The summed E-state index contributed by atoms with van der Waals surface area (Å²) in [6.45, 7) is 2.10. The molecule has 1 amide bonds. The minimum Gasteiger partial charge on any atom is -0.478 e. The van der Waals surface area contributed by atoms with Crippen LogP contribution in [0.5, 0.6) is 0 Å². The fraction of sp³-hybridized carbons (Fsp3) is 0.440. The minimum absolute atomic E-state index is 0.0360. The number of carboxylic acids is 1. The van der Waals surface area contributed by atoms with Crippen LogP contribution < -0.4 is 5.32 Å². The number of hydrogen-bond acceptors (Lipinski definition) is 2. The quantitative estimate of drug-likeness (QED) is 0.650. The first-order valence-electron chi connectivity index (χ1n) is 10.7. The number of hydrogen-bond donors (Lipinski definition) is 2. The number of aryl methyl sites for hydroxylation is 1. The van der Waals surface area contributed by atoms with Gasteiger partial charge in [0.1, 0.15) is 0 Å². The third-order valence-corrected chi connectivity index (χ3v) is 8.00. The third-order valence-electron chi connectivity index (χ3n) is 7.69. The topological polar surface area (TPSA) is 66.4 Å². The van der Waals surface area contributed by atoms with E-state index in [9.17, 15) is 14.7 Å². The minimum atomic E-state index is -1.09. The standard InChI is InChI=1S/C25H26ClNO3/c1-15-5-7-18(8-6-15)24-10-16-9-17(11-24)13-25(12-16,14-24)23(30)27-21-19(22(28)29)3-2-4-20(21)26/h2-8,16-17H,9-14H2,1H3,(H,27,30)(H,28,29). The summed E-state index contributed by atoms with van der Waals surface area (Å²) in [5.74, 6) is -0.0647. The van der Waals surface area contributed by atoms with Crippen LogP contribution in [0.15, 0.2) is 42.5 Å². The van der Waals surface area contributed by atoms with Crippen LogP contribution in [0.25, 0.3) is 0 Å². The number of halogens is 1. The van der Waals surface area contributed by atoms with Gasteiger partial charge in [-0.15, -0.1) is 0 Å². The van der Waals surface area contributed by atoms with E-state index in [1.54, 1.807) is 12.1 Å². The third kappa shape index (κ3) is 3.04. The Labute approximate surface area is 181 Å². The number of anilines is 1. The summed E-state index contributed by atoms with van der Waals surface area (Å²) in [6, 6.07) is 13.5. The van der Waals surface area contributed by atoms with E-state index in [4.69, 9.17) is 11.6 Å². The van der Waals surface area contributed by atoms with E-state index in [-0.39, 0.29) is 27.6 Å². The van der Waals surface area contributed by atoms with Crippen LogP contribution in [-0.4, -0.2) is 17.0 Å². The molecule has 2 aromatic carbocycles. The summed E-state index contributed by atoms with van der Waals surface area (Å²) < 4.78 is 0. The van der Waals surface area contributed by atoms with Gasteiger partial charge >= 0.3 is 5.97 Å². The molecule has 0 aliphatic heterocycles. The zero-order valence-corrected chi connectivity index (χ0v) is 17.8. The number of carboxylic acid groups (broad SMARTS) is 1. The lowest BCUT2D eigenvalue weighted by molar-refractivity contribution is -0.143. The van der Waals surface area contributed by atoms with Crippen molar-refractivity contribution in [1.82, 2.24) is 0 Å². The van der Waals surface area contributed by atoms with E-state index >= 15 is 0 Å². The lowest BCUT2D eigenvalue weighted by Crippen LogP contribution is -2.58. The molecule has 156 valence electrons. The zero-order chi connectivity index (χ0) is 21.1. The van der Waals surface area contributed by atoms with E-state index in [0.29, 0.717) is 11.8 Å². The molecule has 30 heavy (non-hydrogen) atoms. The Kier molecular flexibility index (Phi) is 4.48. The first-order valence-corrected chi connectivity index (χ1v) is 11.1. The fourth-order valence-corrected chi connectivity index (χ4v) is 7.07. The van der Waals surface area contributed by atoms with Gasteiger partial charge in [-0.2, -0.15) is 0 Å². The van der Waals surface area contributed by atoms with E-state index < -0.39 is 11.4 Å². The molecule has 0 aromatic heterocycles. The van der Waals surface area contributed by atoms with E-state index in [0.717, 1.165) is 32.1 Å². The Balaban J connectivity index is 1.50. The second-order valence-electron chi connectivity index (χ2n) is 9.81. The summed E-state index contributed by atoms with van der Waals surface area (Å²) in [5, 5.41) is 12.7. The number of benzene rings is 2. The summed E-state index contributed by atoms with van der Waals surface area (Å²) in [5.41, 5.74) is 2.44. The van der Waals surface area contributed by atoms with Crippen molar-refractivity contribution in [2.24, 2.45) is 17.3 Å². The second kappa shape index (κ2) is 6.84. The molecule has 2 aromatic rings. The Morgan fingerprint density at radius 3 is 2.33 bits per heavy atom. The van der Waals surface area contributed by atoms with Crippen LogP contribution in [0.1, 0.15) is 60.0 Å². The molecule has 4 bridgehead atoms. The van der Waals surface area contributed by atoms with Gasteiger partial charge in [0.15, 0.2) is 0 Å². The summed E-state index contributed by atoms with van der Waals surface area (Å²) >= 11 is 6.29. The molecule has 6 rings (SSSR count). The van der Waals surface area contributed by atoms with Crippen LogP contribution >= 0.6 is 11.6 Å². The maximum atomic E-state index is 13.7. The Hall–Kier alpha value is -2.33. The lowest BCUT2D eigenvalue weighted by Gasteiger charge is -2.61. The predicted molar refractivity (Wildman–Crippen MR) is 117 cm³/mol. The smallest absolute Gasteiger partial charge is 0.337 e. The van der Waals surface area contributed by atoms with Crippen LogP contribution in [0, 0.1) is 24.2 Å². The maximum Gasteiger partial charge on any atom is 0.337 e. The first-order chi connectivity index (χ1) is 14.3. The van der Waals surface area contributed by atoms with Gasteiger partial charge in [-0.1, -0.05) is 47.5 Å². The molecule has 0 radical (unpaired) electrons. The zero-order valence-electron chi connectivity index (χ0n) is 17.1. The molecule has 4 aliphatic rings. The number of carbonyl (C=O) groups is 2. The van der Waals surface area contributed by atoms with Crippen molar-refractivity contribution >= 4 is 29.2 Å². The molecule has 4 nitrogen and oxygen atoms in total. The van der Waals surface area contributed by atoms with Crippen molar-refractivity contribution in [1.29, 1.82) is 0 Å². The average Bonchev–Trinajstić information content (AvgIpc) is 2.68. The van der Waals surface area contributed by atoms with Gasteiger partial charge in [0.25, 0.3) is 0 Å². The molecular formula is C25H26ClNO3. The number of rotatable bonds is 4. The maximum absolute atomic E-state index is 13.7. The molecule has 2 unspecified atom stereocenters. The predicted octanol–water partition coefficient (Wildman–Crippen LogP) is 5.82. The highest BCUT2D eigenvalue weighted by molar-refractivity contribution is 6.34. The van der Waals surface area contributed by atoms with Gasteiger partial charge < -0.3 is 10.4 Å². The van der Waals surface area contributed by atoms with Crippen molar-refractivity contribution in [3.63, 3.8) is 0 Å². The normalized spacial score (nSPS) is 31.5. The Morgan fingerprint density at radius 2 is 1.70 bits per heavy atom. The van der Waals surface area contributed by atoms with E-state index in [2.05, 4.69) is 36.5 Å². The summed E-state index contributed by atoms with van der Waals surface area (Å²) in [4.78, 5) is 25.3. The number of nitrogens with one attached hydrogen (secondary N) is 1. The van der Waals surface area contributed by atoms with Crippen molar-refractivity contribution in [2.45, 2.75) is 50.9 Å². The molecule has 4 aliphatic carbocycles. The molecule has 2 N–H and O–H groups in total. The molecule has 4 saturated carbocycles. The van der Waals surface area contributed by atoms with Crippen LogP contribution in [0.2, 0.25) is 5.02 Å². The van der Waals surface area contributed by atoms with Crippen molar-refractivity contribution in [2.75, 3.05) is 5.32 Å². The van der Waals surface area contributed by atoms with E-state index in [1.807, 2.05) is 0 Å². The van der Waals surface area contributed by atoms with Crippen molar-refractivity contribution < 1.29 is 14.7 Å². The van der Waals surface area contributed by atoms with Crippen LogP contribution in [-0.2, 0) is 10.2 Å². The van der Waals surface area contributed by atoms with Crippen LogP contribution in [0.4, 0.5) is 5.69 Å². The SMILES string of the molecule is Cc1ccc(C23CC4CC(CC(C(=O)Nc5c(Cl)cccc5C(=O)O)(C4)C2)C3)cc1. The van der Waals surface area contributed by atoms with Gasteiger partial charge in [0.05, 0.1) is 21.7 Å². The Bertz CT molecular complexity index is 1020. The molecule has 5 heteroatoms. The highest BCUT2D eigenvalue weighted by atomic mass is 35.5. The average molecular weight is 424 g/mol. The molecule has 0 saturated heterocycles. The van der Waals surface area contributed by atoms with Gasteiger partial charge in [0.2, 0.25) is 5.91 Å². The highest BCUT2D eigenvalue weighted by Gasteiger charge is 2.61. The monoisotopic (exact) mass is 423 g/mol. The molecule has 0 heterocycles. The lowest BCUT2D eigenvalue weighted by atomic mass is 9.42. The van der Waals surface area contributed by atoms with Crippen molar-refractivity contribution in [3.8, 4) is 0 Å². The van der Waals surface area contributed by atoms with Crippen LogP contribution in [0.3, 0.4) is 0 Å². The second-order valence-corrected chi connectivity index (χ2v) is 10.2. The molecule has 4 fully saturated rings. The summed E-state index contributed by atoms with van der Waals surface area (Å²) in [7, 11) is 0. The first kappa shape index (κ1) is 19.6. The van der Waals surface area contributed by atoms with Crippen molar-refractivity contribution in [3.05, 3.63) is 64.2 Å². The number of aromatic carboxylic acids is 1. The Morgan fingerprint density at radius 1 is 1.03 bits per heavy atom. The summed E-state index contributed by atoms with van der Waals surface area (Å²) in [6.07, 6.45) is 6.09. The van der Waals surface area contributed by atoms with Gasteiger partial charge in [-0.05, 0) is 80.4 Å². The van der Waals surface area contributed by atoms with Gasteiger partial charge in [-0.25, -0.2) is 4.79 Å².